The first kappa shape index (κ1) is 20.2. The summed E-state index contributed by atoms with van der Waals surface area (Å²) in [6.07, 6.45) is 0. The normalized spacial score (nSPS) is 17.1. The first-order chi connectivity index (χ1) is 12.6. The Morgan fingerprint density at radius 3 is 2.00 bits per heavy atom. The lowest BCUT2D eigenvalue weighted by atomic mass is 10.3. The van der Waals surface area contributed by atoms with Crippen molar-refractivity contribution in [1.82, 2.24) is 8.61 Å². The lowest BCUT2D eigenvalue weighted by Gasteiger charge is -2.33. The van der Waals surface area contributed by atoms with Crippen molar-refractivity contribution >= 4 is 31.6 Å². The summed E-state index contributed by atoms with van der Waals surface area (Å²) in [5, 5.41) is 0.263. The van der Waals surface area contributed by atoms with E-state index < -0.39 is 36.6 Å². The molecule has 2 aromatic carbocycles. The largest absolute Gasteiger partial charge is 0.246 e. The second-order valence-electron chi connectivity index (χ2n) is 5.84. The van der Waals surface area contributed by atoms with Crippen molar-refractivity contribution in [2.45, 2.75) is 9.79 Å². The zero-order valence-electron chi connectivity index (χ0n) is 13.8. The van der Waals surface area contributed by atoms with Crippen molar-refractivity contribution in [2.24, 2.45) is 0 Å². The summed E-state index contributed by atoms with van der Waals surface area (Å²) in [7, 11) is -8.12. The fourth-order valence-electron chi connectivity index (χ4n) is 2.74. The van der Waals surface area contributed by atoms with Crippen molar-refractivity contribution < 1.29 is 25.6 Å². The van der Waals surface area contributed by atoms with E-state index in [4.69, 9.17) is 11.6 Å². The Balaban J connectivity index is 1.80. The SMILES string of the molecule is O=S(=O)(c1cccc(Cl)c1)N1CCN(S(=O)(=O)c2cc(F)ccc2F)CC1. The molecule has 0 aromatic heterocycles. The Morgan fingerprint density at radius 2 is 1.41 bits per heavy atom. The number of benzene rings is 2. The lowest BCUT2D eigenvalue weighted by molar-refractivity contribution is 0.272. The molecule has 0 saturated carbocycles. The number of hydrogen-bond donors (Lipinski definition) is 0. The molecule has 0 unspecified atom stereocenters. The maximum absolute atomic E-state index is 13.9. The molecule has 0 radical (unpaired) electrons. The molecule has 0 aliphatic carbocycles. The fourth-order valence-corrected chi connectivity index (χ4v) is 5.96. The van der Waals surface area contributed by atoms with Crippen LogP contribution in [-0.2, 0) is 20.0 Å². The summed E-state index contributed by atoms with van der Waals surface area (Å²) >= 11 is 5.83. The number of hydrogen-bond acceptors (Lipinski definition) is 4. The van der Waals surface area contributed by atoms with Crippen molar-refractivity contribution in [3.8, 4) is 0 Å². The summed E-state index contributed by atoms with van der Waals surface area (Å²) in [6, 6.07) is 7.92. The molecule has 6 nitrogen and oxygen atoms in total. The molecule has 0 amide bonds. The van der Waals surface area contributed by atoms with E-state index in [1.165, 1.54) is 18.2 Å². The molecule has 1 aliphatic heterocycles. The average Bonchev–Trinajstić information content (AvgIpc) is 2.63. The highest BCUT2D eigenvalue weighted by Crippen LogP contribution is 2.25. The van der Waals surface area contributed by atoms with E-state index in [9.17, 15) is 25.6 Å². The first-order valence-electron chi connectivity index (χ1n) is 7.83. The zero-order chi connectivity index (χ0) is 19.8. The molecule has 1 aliphatic rings. The molecule has 146 valence electrons. The van der Waals surface area contributed by atoms with Crippen LogP contribution in [0.3, 0.4) is 0 Å². The van der Waals surface area contributed by atoms with E-state index in [-0.39, 0.29) is 36.1 Å². The van der Waals surface area contributed by atoms with Gasteiger partial charge in [0, 0.05) is 31.2 Å². The maximum atomic E-state index is 13.9. The topological polar surface area (TPSA) is 74.8 Å². The third-order valence-electron chi connectivity index (χ3n) is 4.14. The zero-order valence-corrected chi connectivity index (χ0v) is 16.2. The monoisotopic (exact) mass is 436 g/mol. The minimum atomic E-state index is -4.28. The highest BCUT2D eigenvalue weighted by atomic mass is 35.5. The maximum Gasteiger partial charge on any atom is 0.246 e. The Bertz CT molecular complexity index is 1070. The number of nitrogens with zero attached hydrogens (tertiary/aromatic N) is 2. The van der Waals surface area contributed by atoms with Gasteiger partial charge in [0.2, 0.25) is 20.0 Å². The Morgan fingerprint density at radius 1 is 0.815 bits per heavy atom. The van der Waals surface area contributed by atoms with Crippen LogP contribution < -0.4 is 0 Å². The molecular weight excluding hydrogens is 422 g/mol. The Hall–Kier alpha value is -1.59. The van der Waals surface area contributed by atoms with E-state index in [0.29, 0.717) is 6.07 Å². The molecular formula is C16H15ClF2N2O4S2. The van der Waals surface area contributed by atoms with Crippen molar-refractivity contribution in [3.63, 3.8) is 0 Å². The standard InChI is InChI=1S/C16H15ClF2N2O4S2/c17-12-2-1-3-14(10-12)26(22,23)20-6-8-21(9-7-20)27(24,25)16-11-13(18)4-5-15(16)19/h1-5,10-11H,6-9H2. The number of halogens is 3. The van der Waals surface area contributed by atoms with Crippen LogP contribution >= 0.6 is 11.6 Å². The van der Waals surface area contributed by atoms with Gasteiger partial charge in [-0.05, 0) is 36.4 Å². The van der Waals surface area contributed by atoms with E-state index in [1.807, 2.05) is 0 Å². The van der Waals surface area contributed by atoms with Crippen molar-refractivity contribution in [1.29, 1.82) is 0 Å². The van der Waals surface area contributed by atoms with Crippen LogP contribution in [0.2, 0.25) is 5.02 Å². The molecule has 1 saturated heterocycles. The van der Waals surface area contributed by atoms with Crippen LogP contribution in [-0.4, -0.2) is 51.6 Å². The summed E-state index contributed by atoms with van der Waals surface area (Å²) in [5.41, 5.74) is 0. The summed E-state index contributed by atoms with van der Waals surface area (Å²) in [6.45, 7) is -0.605. The van der Waals surface area contributed by atoms with Crippen LogP contribution in [0.5, 0.6) is 0 Å². The summed E-state index contributed by atoms with van der Waals surface area (Å²) in [4.78, 5) is -0.767. The van der Waals surface area contributed by atoms with Gasteiger partial charge in [-0.3, -0.25) is 0 Å². The van der Waals surface area contributed by atoms with Gasteiger partial charge in [-0.1, -0.05) is 17.7 Å². The van der Waals surface area contributed by atoms with Gasteiger partial charge in [0.05, 0.1) is 4.90 Å². The predicted octanol–water partition coefficient (Wildman–Crippen LogP) is 2.31. The highest BCUT2D eigenvalue weighted by Gasteiger charge is 2.35. The third-order valence-corrected chi connectivity index (χ3v) is 8.19. The highest BCUT2D eigenvalue weighted by molar-refractivity contribution is 7.89. The van der Waals surface area contributed by atoms with Gasteiger partial charge in [0.15, 0.2) is 0 Å². The minimum absolute atomic E-state index is 0.00230. The molecule has 0 atom stereocenters. The van der Waals surface area contributed by atoms with Crippen LogP contribution in [0.1, 0.15) is 0 Å². The molecule has 1 heterocycles. The average molecular weight is 437 g/mol. The van der Waals surface area contributed by atoms with E-state index in [1.54, 1.807) is 6.07 Å². The molecule has 2 aromatic rings. The van der Waals surface area contributed by atoms with Crippen molar-refractivity contribution in [3.05, 3.63) is 59.1 Å². The molecule has 0 bridgehead atoms. The van der Waals surface area contributed by atoms with Gasteiger partial charge in [-0.15, -0.1) is 0 Å². The van der Waals surface area contributed by atoms with E-state index in [0.717, 1.165) is 20.7 Å². The van der Waals surface area contributed by atoms with Gasteiger partial charge in [0.1, 0.15) is 16.5 Å². The molecule has 0 N–H and O–H groups in total. The number of piperazine rings is 1. The molecule has 3 rings (SSSR count). The Labute approximate surface area is 161 Å². The van der Waals surface area contributed by atoms with E-state index >= 15 is 0 Å². The molecule has 11 heteroatoms. The van der Waals surface area contributed by atoms with Gasteiger partial charge >= 0.3 is 0 Å². The van der Waals surface area contributed by atoms with Gasteiger partial charge in [-0.25, -0.2) is 25.6 Å². The number of sulfonamides is 2. The van der Waals surface area contributed by atoms with Crippen LogP contribution in [0.15, 0.2) is 52.3 Å². The smallest absolute Gasteiger partial charge is 0.207 e. The van der Waals surface area contributed by atoms with Gasteiger partial charge in [-0.2, -0.15) is 8.61 Å². The molecule has 1 fully saturated rings. The summed E-state index contributed by atoms with van der Waals surface area (Å²) < 4.78 is 79.7. The number of rotatable bonds is 4. The molecule has 0 spiro atoms. The predicted molar refractivity (Wildman–Crippen MR) is 95.3 cm³/mol. The van der Waals surface area contributed by atoms with Crippen LogP contribution in [0.25, 0.3) is 0 Å². The van der Waals surface area contributed by atoms with Crippen LogP contribution in [0, 0.1) is 11.6 Å². The Kier molecular flexibility index (Phi) is 5.55. The van der Waals surface area contributed by atoms with Gasteiger partial charge in [0.25, 0.3) is 0 Å². The van der Waals surface area contributed by atoms with Crippen molar-refractivity contribution in [2.75, 3.05) is 26.2 Å². The quantitative estimate of drug-likeness (QED) is 0.737. The van der Waals surface area contributed by atoms with E-state index in [2.05, 4.69) is 0 Å². The minimum Gasteiger partial charge on any atom is -0.207 e. The first-order valence-corrected chi connectivity index (χ1v) is 11.1. The second-order valence-corrected chi connectivity index (χ2v) is 10.1. The van der Waals surface area contributed by atoms with Gasteiger partial charge < -0.3 is 0 Å². The third kappa shape index (κ3) is 3.99. The fraction of sp³-hybridized carbons (Fsp3) is 0.250. The molecule has 27 heavy (non-hydrogen) atoms. The lowest BCUT2D eigenvalue weighted by Crippen LogP contribution is -2.50. The second kappa shape index (κ2) is 7.44. The van der Waals surface area contributed by atoms with Crippen LogP contribution in [0.4, 0.5) is 8.78 Å². The summed E-state index contributed by atoms with van der Waals surface area (Å²) in [5.74, 6) is -1.94.